The zero-order chi connectivity index (χ0) is 17.1. The lowest BCUT2D eigenvalue weighted by Crippen LogP contribution is -2.50. The lowest BCUT2D eigenvalue weighted by atomic mass is 9.94. The van der Waals surface area contributed by atoms with E-state index in [0.29, 0.717) is 30.9 Å². The topological polar surface area (TPSA) is 70.7 Å². The zero-order valence-electron chi connectivity index (χ0n) is 14.3. The fourth-order valence-electron chi connectivity index (χ4n) is 3.71. The number of amides is 2. The molecular formula is C18H25N3O3. The van der Waals surface area contributed by atoms with Crippen molar-refractivity contribution >= 4 is 17.5 Å². The van der Waals surface area contributed by atoms with Gasteiger partial charge in [0.15, 0.2) is 0 Å². The Balaban J connectivity index is 1.70. The molecule has 6 nitrogen and oxygen atoms in total. The summed E-state index contributed by atoms with van der Waals surface area (Å²) in [5.74, 6) is 0.683. The number of anilines is 1. The van der Waals surface area contributed by atoms with Crippen molar-refractivity contribution in [2.24, 2.45) is 0 Å². The summed E-state index contributed by atoms with van der Waals surface area (Å²) in [4.78, 5) is 26.6. The molecule has 24 heavy (non-hydrogen) atoms. The summed E-state index contributed by atoms with van der Waals surface area (Å²) >= 11 is 0. The number of aryl methyl sites for hydroxylation is 1. The van der Waals surface area contributed by atoms with Crippen molar-refractivity contribution in [1.29, 1.82) is 0 Å². The van der Waals surface area contributed by atoms with Crippen LogP contribution in [0.25, 0.3) is 0 Å². The molecule has 2 atom stereocenters. The Kier molecular flexibility index (Phi) is 5.04. The molecule has 2 fully saturated rings. The summed E-state index contributed by atoms with van der Waals surface area (Å²) < 4.78 is 5.32. The summed E-state index contributed by atoms with van der Waals surface area (Å²) in [6.45, 7) is 2.92. The number of nitrogens with zero attached hydrogens (tertiary/aromatic N) is 1. The zero-order valence-corrected chi connectivity index (χ0v) is 14.3. The normalized spacial score (nSPS) is 24.0. The minimum absolute atomic E-state index is 0.0647. The lowest BCUT2D eigenvalue weighted by Gasteiger charge is -2.39. The average molecular weight is 331 g/mol. The number of piperidine rings is 1. The van der Waals surface area contributed by atoms with Crippen molar-refractivity contribution in [2.45, 2.75) is 44.7 Å². The standard InChI is InChI=1S/C18H25N3O3/c1-12-6-7-16(24-2)15(8-12)20-18(23)11-21-13-4-3-5-14(21)10-19-17(22)9-13/h6-8,13-14H,3-5,9-11H2,1-2H3,(H,19,22)(H,20,23). The number of hydrogen-bond acceptors (Lipinski definition) is 4. The van der Waals surface area contributed by atoms with Gasteiger partial charge in [0.1, 0.15) is 5.75 Å². The van der Waals surface area contributed by atoms with Gasteiger partial charge >= 0.3 is 0 Å². The summed E-state index contributed by atoms with van der Waals surface area (Å²) in [5, 5.41) is 5.92. The van der Waals surface area contributed by atoms with E-state index in [0.717, 1.165) is 24.8 Å². The van der Waals surface area contributed by atoms with Crippen LogP contribution < -0.4 is 15.4 Å². The van der Waals surface area contributed by atoms with Crippen LogP contribution in [0, 0.1) is 6.92 Å². The maximum absolute atomic E-state index is 12.6. The number of nitrogens with one attached hydrogen (secondary N) is 2. The van der Waals surface area contributed by atoms with Crippen molar-refractivity contribution in [1.82, 2.24) is 10.2 Å². The van der Waals surface area contributed by atoms with Gasteiger partial charge in [-0.05, 0) is 37.5 Å². The van der Waals surface area contributed by atoms with E-state index in [4.69, 9.17) is 4.74 Å². The van der Waals surface area contributed by atoms with Gasteiger partial charge in [0.05, 0.1) is 19.3 Å². The molecule has 2 amide bonds. The molecule has 2 aliphatic rings. The van der Waals surface area contributed by atoms with E-state index < -0.39 is 0 Å². The van der Waals surface area contributed by atoms with E-state index in [2.05, 4.69) is 15.5 Å². The van der Waals surface area contributed by atoms with Crippen LogP contribution in [0.15, 0.2) is 18.2 Å². The molecule has 3 rings (SSSR count). The lowest BCUT2D eigenvalue weighted by molar-refractivity contribution is -0.122. The smallest absolute Gasteiger partial charge is 0.238 e. The van der Waals surface area contributed by atoms with Crippen molar-refractivity contribution in [3.8, 4) is 5.75 Å². The SMILES string of the molecule is COc1ccc(C)cc1NC(=O)CN1C2CCCC1CC(=O)NC2. The van der Waals surface area contributed by atoms with Crippen molar-refractivity contribution < 1.29 is 14.3 Å². The van der Waals surface area contributed by atoms with Gasteiger partial charge in [-0.25, -0.2) is 0 Å². The van der Waals surface area contributed by atoms with Crippen LogP contribution in [-0.2, 0) is 9.59 Å². The van der Waals surface area contributed by atoms with Crippen LogP contribution in [0.1, 0.15) is 31.2 Å². The van der Waals surface area contributed by atoms with Crippen molar-refractivity contribution in [3.63, 3.8) is 0 Å². The van der Waals surface area contributed by atoms with Gasteiger partial charge in [-0.15, -0.1) is 0 Å². The van der Waals surface area contributed by atoms with Gasteiger partial charge in [0.2, 0.25) is 11.8 Å². The number of rotatable bonds is 4. The molecule has 0 spiro atoms. The average Bonchev–Trinajstić information content (AvgIpc) is 2.63. The van der Waals surface area contributed by atoms with Gasteiger partial charge < -0.3 is 15.4 Å². The molecule has 0 radical (unpaired) electrons. The van der Waals surface area contributed by atoms with E-state index in [-0.39, 0.29) is 23.9 Å². The Morgan fingerprint density at radius 1 is 1.38 bits per heavy atom. The Bertz CT molecular complexity index is 632. The first-order valence-electron chi connectivity index (χ1n) is 8.53. The number of benzene rings is 1. The highest BCUT2D eigenvalue weighted by Crippen LogP contribution is 2.28. The second kappa shape index (κ2) is 7.21. The van der Waals surface area contributed by atoms with E-state index in [9.17, 15) is 9.59 Å². The van der Waals surface area contributed by atoms with Crippen molar-refractivity contribution in [3.05, 3.63) is 23.8 Å². The molecule has 2 heterocycles. The number of carbonyl (C=O) groups excluding carboxylic acids is 2. The van der Waals surface area contributed by atoms with E-state index in [1.807, 2.05) is 25.1 Å². The first-order valence-corrected chi connectivity index (χ1v) is 8.53. The Labute approximate surface area is 142 Å². The summed E-state index contributed by atoms with van der Waals surface area (Å²) in [6, 6.07) is 6.13. The number of hydrogen-bond donors (Lipinski definition) is 2. The van der Waals surface area contributed by atoms with Gasteiger partial charge in [0, 0.05) is 25.0 Å². The number of carbonyl (C=O) groups is 2. The fraction of sp³-hybridized carbons (Fsp3) is 0.556. The fourth-order valence-corrected chi connectivity index (χ4v) is 3.71. The molecule has 2 saturated heterocycles. The molecule has 2 bridgehead atoms. The van der Waals surface area contributed by atoms with Crippen LogP contribution in [-0.4, -0.2) is 49.0 Å². The molecule has 0 aliphatic carbocycles. The maximum Gasteiger partial charge on any atom is 0.238 e. The predicted octanol–water partition coefficient (Wildman–Crippen LogP) is 1.69. The van der Waals surface area contributed by atoms with Gasteiger partial charge in [-0.1, -0.05) is 12.5 Å². The van der Waals surface area contributed by atoms with Gasteiger partial charge in [-0.3, -0.25) is 14.5 Å². The largest absolute Gasteiger partial charge is 0.495 e. The van der Waals surface area contributed by atoms with Crippen LogP contribution in [0.5, 0.6) is 5.75 Å². The molecule has 2 N–H and O–H groups in total. The van der Waals surface area contributed by atoms with Crippen LogP contribution in [0.3, 0.4) is 0 Å². The number of ether oxygens (including phenoxy) is 1. The summed E-state index contributed by atoms with van der Waals surface area (Å²) in [6.07, 6.45) is 3.61. The Morgan fingerprint density at radius 2 is 2.17 bits per heavy atom. The first-order chi connectivity index (χ1) is 11.6. The minimum Gasteiger partial charge on any atom is -0.495 e. The molecule has 0 saturated carbocycles. The van der Waals surface area contributed by atoms with Crippen LogP contribution >= 0.6 is 0 Å². The van der Waals surface area contributed by atoms with Crippen molar-refractivity contribution in [2.75, 3.05) is 25.5 Å². The van der Waals surface area contributed by atoms with E-state index >= 15 is 0 Å². The van der Waals surface area contributed by atoms with E-state index in [1.165, 1.54) is 0 Å². The highest BCUT2D eigenvalue weighted by molar-refractivity contribution is 5.94. The van der Waals surface area contributed by atoms with E-state index in [1.54, 1.807) is 7.11 Å². The molecular weight excluding hydrogens is 306 g/mol. The minimum atomic E-state index is -0.0647. The summed E-state index contributed by atoms with van der Waals surface area (Å²) in [5.41, 5.74) is 1.75. The molecule has 6 heteroatoms. The summed E-state index contributed by atoms with van der Waals surface area (Å²) in [7, 11) is 1.59. The third-order valence-corrected chi connectivity index (χ3v) is 4.92. The van der Waals surface area contributed by atoms with Gasteiger partial charge in [-0.2, -0.15) is 0 Å². The molecule has 2 unspecified atom stereocenters. The third kappa shape index (κ3) is 3.70. The number of fused-ring (bicyclic) bond motifs is 2. The predicted molar refractivity (Wildman–Crippen MR) is 92.1 cm³/mol. The first kappa shape index (κ1) is 16.8. The third-order valence-electron chi connectivity index (χ3n) is 4.92. The van der Waals surface area contributed by atoms with Gasteiger partial charge in [0.25, 0.3) is 0 Å². The highest BCUT2D eigenvalue weighted by Gasteiger charge is 2.35. The Hall–Kier alpha value is -2.08. The molecule has 1 aromatic carbocycles. The quantitative estimate of drug-likeness (QED) is 0.881. The maximum atomic E-state index is 12.6. The molecule has 0 aromatic heterocycles. The molecule has 130 valence electrons. The second-order valence-electron chi connectivity index (χ2n) is 6.67. The van der Waals surface area contributed by atoms with Crippen LogP contribution in [0.4, 0.5) is 5.69 Å². The number of methoxy groups -OCH3 is 1. The highest BCUT2D eigenvalue weighted by atomic mass is 16.5. The van der Waals surface area contributed by atoms with Crippen LogP contribution in [0.2, 0.25) is 0 Å². The molecule has 1 aromatic rings. The molecule has 2 aliphatic heterocycles. The Morgan fingerprint density at radius 3 is 2.96 bits per heavy atom. The monoisotopic (exact) mass is 331 g/mol. The second-order valence-corrected chi connectivity index (χ2v) is 6.67.